The number of aliphatic hydroxyl groups is 1. The molecule has 7 heteroatoms. The van der Waals surface area contributed by atoms with Crippen LogP contribution in [0.25, 0.3) is 0 Å². The lowest BCUT2D eigenvalue weighted by atomic mass is 9.85. The van der Waals surface area contributed by atoms with Crippen molar-refractivity contribution in [3.05, 3.63) is 41.3 Å². The average Bonchev–Trinajstić information content (AvgIpc) is 2.83. The quantitative estimate of drug-likeness (QED) is 0.725. The summed E-state index contributed by atoms with van der Waals surface area (Å²) < 4.78 is 5.74. The molecule has 2 aliphatic rings. The van der Waals surface area contributed by atoms with Gasteiger partial charge in [0.05, 0.1) is 6.10 Å². The second kappa shape index (κ2) is 5.24. The van der Waals surface area contributed by atoms with E-state index in [9.17, 15) is 24.9 Å². The van der Waals surface area contributed by atoms with Crippen molar-refractivity contribution in [1.82, 2.24) is 4.90 Å². The van der Waals surface area contributed by atoms with Gasteiger partial charge in [0.2, 0.25) is 5.91 Å². The van der Waals surface area contributed by atoms with E-state index in [1.165, 1.54) is 24.3 Å². The van der Waals surface area contributed by atoms with Gasteiger partial charge in [-0.25, -0.2) is 4.79 Å². The van der Waals surface area contributed by atoms with E-state index >= 15 is 0 Å². The zero-order valence-electron chi connectivity index (χ0n) is 13.6. The van der Waals surface area contributed by atoms with Crippen molar-refractivity contribution >= 4 is 11.9 Å². The summed E-state index contributed by atoms with van der Waals surface area (Å²) in [4.78, 5) is 25.1. The van der Waals surface area contributed by atoms with E-state index in [1.54, 1.807) is 20.8 Å². The highest BCUT2D eigenvalue weighted by Gasteiger charge is 2.61. The van der Waals surface area contributed by atoms with Crippen LogP contribution in [-0.2, 0) is 14.3 Å². The molecule has 128 valence electrons. The van der Waals surface area contributed by atoms with Crippen molar-refractivity contribution in [3.63, 3.8) is 0 Å². The number of aliphatic carboxylic acids is 1. The molecule has 7 nitrogen and oxygen atoms in total. The first kappa shape index (κ1) is 16.3. The van der Waals surface area contributed by atoms with Crippen molar-refractivity contribution in [2.45, 2.75) is 33.1 Å². The number of carboxylic acid groups (broad SMARTS) is 1. The van der Waals surface area contributed by atoms with Gasteiger partial charge in [-0.1, -0.05) is 32.9 Å². The molecule has 2 heterocycles. The van der Waals surface area contributed by atoms with Crippen molar-refractivity contribution in [2.24, 2.45) is 11.3 Å². The molecule has 1 amide bonds. The summed E-state index contributed by atoms with van der Waals surface area (Å²) >= 11 is 0. The number of carboxylic acids is 1. The first-order valence-electron chi connectivity index (χ1n) is 7.57. The van der Waals surface area contributed by atoms with Crippen molar-refractivity contribution in [1.29, 1.82) is 0 Å². The lowest BCUT2D eigenvalue weighted by molar-refractivity contribution is -0.185. The third-order valence-electron chi connectivity index (χ3n) is 4.24. The number of ether oxygens (including phenoxy) is 1. The molecule has 3 rings (SSSR count). The Labute approximate surface area is 138 Å². The number of hydrogen-bond acceptors (Lipinski definition) is 5. The predicted molar refractivity (Wildman–Crippen MR) is 82.4 cm³/mol. The number of β-lactam (4-membered cyclic amide) rings is 1. The van der Waals surface area contributed by atoms with E-state index in [-0.39, 0.29) is 17.2 Å². The summed E-state index contributed by atoms with van der Waals surface area (Å²) in [6.45, 7) is 5.40. The van der Waals surface area contributed by atoms with Crippen LogP contribution in [0.5, 0.6) is 5.75 Å². The summed E-state index contributed by atoms with van der Waals surface area (Å²) in [5.74, 6) is -2.32. The Balaban J connectivity index is 1.90. The molecule has 0 aliphatic carbocycles. The summed E-state index contributed by atoms with van der Waals surface area (Å²) in [6, 6.07) is 5.86. The van der Waals surface area contributed by atoms with Gasteiger partial charge < -0.3 is 20.1 Å². The first-order valence-corrected chi connectivity index (χ1v) is 7.57. The van der Waals surface area contributed by atoms with Crippen LogP contribution in [-0.4, -0.2) is 38.3 Å². The van der Waals surface area contributed by atoms with E-state index in [2.05, 4.69) is 0 Å². The van der Waals surface area contributed by atoms with E-state index < -0.39 is 35.5 Å². The third kappa shape index (κ3) is 2.32. The molecule has 0 saturated carbocycles. The van der Waals surface area contributed by atoms with Crippen LogP contribution in [0, 0.1) is 11.3 Å². The monoisotopic (exact) mass is 333 g/mol. The number of carbonyl (C=O) groups excluding carboxylic acids is 1. The van der Waals surface area contributed by atoms with Gasteiger partial charge in [-0.15, -0.1) is 0 Å². The summed E-state index contributed by atoms with van der Waals surface area (Å²) in [6.07, 6.45) is -1.98. The number of aliphatic hydroxyl groups excluding tert-OH is 1. The van der Waals surface area contributed by atoms with Crippen molar-refractivity contribution in [2.75, 3.05) is 0 Å². The van der Waals surface area contributed by atoms with E-state index in [0.29, 0.717) is 5.56 Å². The summed E-state index contributed by atoms with van der Waals surface area (Å²) in [5.41, 5.74) is -0.290. The Bertz CT molecular complexity index is 730. The second-order valence-electron chi connectivity index (χ2n) is 7.01. The predicted octanol–water partition coefficient (Wildman–Crippen LogP) is 1.58. The van der Waals surface area contributed by atoms with Gasteiger partial charge in [0.25, 0.3) is 0 Å². The van der Waals surface area contributed by atoms with E-state index in [0.717, 1.165) is 4.90 Å². The maximum Gasteiger partial charge on any atom is 0.356 e. The fraction of sp³-hybridized carbons (Fsp3) is 0.412. The summed E-state index contributed by atoms with van der Waals surface area (Å²) in [7, 11) is 0. The standard InChI is InChI=1S/C17H19NO6/c1-17(2,3)13-11(16(22)23)18-14(21)10(15(18)24-13)12(20)8-4-6-9(19)7-5-8/h4-7,10,12,15,19-20H,1-3H3,(H,22,23)/t10-,12-,15+/m0/s1. The normalized spacial score (nSPS) is 24.3. The van der Waals surface area contributed by atoms with Gasteiger partial charge >= 0.3 is 5.97 Å². The molecule has 0 unspecified atom stereocenters. The molecule has 2 aliphatic heterocycles. The maximum atomic E-state index is 12.5. The van der Waals surface area contributed by atoms with Crippen LogP contribution in [0.15, 0.2) is 35.7 Å². The van der Waals surface area contributed by atoms with Gasteiger partial charge in [-0.05, 0) is 17.7 Å². The number of aromatic hydroxyl groups is 1. The number of amides is 1. The minimum absolute atomic E-state index is 0.0504. The molecule has 24 heavy (non-hydrogen) atoms. The number of allylic oxidation sites excluding steroid dienone is 1. The molecule has 0 radical (unpaired) electrons. The van der Waals surface area contributed by atoms with Crippen LogP contribution in [0.3, 0.4) is 0 Å². The maximum absolute atomic E-state index is 12.5. The van der Waals surface area contributed by atoms with Crippen molar-refractivity contribution in [3.8, 4) is 5.75 Å². The highest BCUT2D eigenvalue weighted by molar-refractivity contribution is 5.98. The van der Waals surface area contributed by atoms with Crippen LogP contribution in [0.1, 0.15) is 32.4 Å². The van der Waals surface area contributed by atoms with Gasteiger partial charge in [-0.2, -0.15) is 0 Å². The lowest BCUT2D eigenvalue weighted by Gasteiger charge is -2.43. The minimum atomic E-state index is -1.23. The molecule has 0 bridgehead atoms. The van der Waals surface area contributed by atoms with Crippen LogP contribution in [0.4, 0.5) is 0 Å². The number of carbonyl (C=O) groups is 2. The molecule has 3 N–H and O–H groups in total. The van der Waals surface area contributed by atoms with Crippen LogP contribution >= 0.6 is 0 Å². The molecule has 1 saturated heterocycles. The Morgan fingerprint density at radius 2 is 1.83 bits per heavy atom. The van der Waals surface area contributed by atoms with E-state index in [4.69, 9.17) is 4.74 Å². The van der Waals surface area contributed by atoms with Gasteiger partial charge in [-0.3, -0.25) is 9.69 Å². The van der Waals surface area contributed by atoms with Gasteiger partial charge in [0, 0.05) is 5.41 Å². The zero-order chi connectivity index (χ0) is 17.8. The fourth-order valence-electron chi connectivity index (χ4n) is 3.04. The average molecular weight is 333 g/mol. The molecule has 3 atom stereocenters. The fourth-order valence-corrected chi connectivity index (χ4v) is 3.04. The Kier molecular flexibility index (Phi) is 3.56. The first-order chi connectivity index (χ1) is 11.1. The number of phenolic OH excluding ortho intramolecular Hbond substituents is 1. The Hall–Kier alpha value is -2.54. The Morgan fingerprint density at radius 3 is 2.33 bits per heavy atom. The van der Waals surface area contributed by atoms with Gasteiger partial charge in [0.15, 0.2) is 11.9 Å². The van der Waals surface area contributed by atoms with Gasteiger partial charge in [0.1, 0.15) is 17.4 Å². The number of phenols is 1. The highest BCUT2D eigenvalue weighted by Crippen LogP contribution is 2.49. The number of benzene rings is 1. The van der Waals surface area contributed by atoms with Crippen LogP contribution in [0.2, 0.25) is 0 Å². The zero-order valence-corrected chi connectivity index (χ0v) is 13.6. The SMILES string of the molecule is CC(C)(C)C1=C(C(=O)O)N2C(=O)[C@H]([C@@H](O)c3ccc(O)cc3)[C@H]2O1. The minimum Gasteiger partial charge on any atom is -0.508 e. The van der Waals surface area contributed by atoms with Crippen molar-refractivity contribution < 1.29 is 29.6 Å². The number of nitrogens with zero attached hydrogens (tertiary/aromatic N) is 1. The molecular weight excluding hydrogens is 314 g/mol. The molecular formula is C17H19NO6. The molecule has 0 spiro atoms. The third-order valence-corrected chi connectivity index (χ3v) is 4.24. The topological polar surface area (TPSA) is 107 Å². The van der Waals surface area contributed by atoms with E-state index in [1.807, 2.05) is 0 Å². The summed E-state index contributed by atoms with van der Waals surface area (Å²) in [5, 5.41) is 29.2. The lowest BCUT2D eigenvalue weighted by Crippen LogP contribution is -2.61. The number of fused-ring (bicyclic) bond motifs is 1. The van der Waals surface area contributed by atoms with Crippen LogP contribution < -0.4 is 0 Å². The second-order valence-corrected chi connectivity index (χ2v) is 7.01. The number of rotatable bonds is 3. The molecule has 1 fully saturated rings. The highest BCUT2D eigenvalue weighted by atomic mass is 16.5. The largest absolute Gasteiger partial charge is 0.508 e. The molecule has 1 aromatic rings. The smallest absolute Gasteiger partial charge is 0.356 e. The molecule has 0 aromatic heterocycles. The molecule has 1 aromatic carbocycles. The number of hydrogen-bond donors (Lipinski definition) is 3. The Morgan fingerprint density at radius 1 is 1.25 bits per heavy atom.